The van der Waals surface area contributed by atoms with E-state index in [1.807, 2.05) is 0 Å². The zero-order valence-electron chi connectivity index (χ0n) is 17.2. The van der Waals surface area contributed by atoms with Crippen LogP contribution >= 0.6 is 11.6 Å². The first-order valence-electron chi connectivity index (χ1n) is 9.22. The van der Waals surface area contributed by atoms with Gasteiger partial charge < -0.3 is 4.74 Å². The molecule has 1 aliphatic rings. The number of fused-ring (bicyclic) bond motifs is 1. The quantitative estimate of drug-likeness (QED) is 0.421. The zero-order chi connectivity index (χ0) is 22.9. The summed E-state index contributed by atoms with van der Waals surface area (Å²) in [6.45, 7) is 12.6. The fraction of sp³-hybridized carbons (Fsp3) is 0.174. The molecule has 160 valence electrons. The second-order valence-electron chi connectivity index (χ2n) is 7.69. The minimum Gasteiger partial charge on any atom is -0.444 e. The topological polar surface area (TPSA) is 54.5 Å². The summed E-state index contributed by atoms with van der Waals surface area (Å²) in [4.78, 5) is 17.8. The van der Waals surface area contributed by atoms with Crippen LogP contribution in [-0.4, -0.2) is 16.7 Å². The number of nitrogens with zero attached hydrogens (tertiary/aromatic N) is 2. The number of anilines is 3. The summed E-state index contributed by atoms with van der Waals surface area (Å²) < 4.78 is 34.5. The predicted octanol–water partition coefficient (Wildman–Crippen LogP) is 6.75. The Morgan fingerprint density at radius 1 is 1.29 bits per heavy atom. The molecule has 0 aliphatic carbocycles. The molecule has 2 heterocycles. The van der Waals surface area contributed by atoms with E-state index < -0.39 is 23.3 Å². The average molecular weight is 444 g/mol. The van der Waals surface area contributed by atoms with E-state index in [-0.39, 0.29) is 22.3 Å². The summed E-state index contributed by atoms with van der Waals surface area (Å²) in [6, 6.07) is 5.11. The van der Waals surface area contributed by atoms with Gasteiger partial charge in [0.2, 0.25) is 0 Å². The number of nitrogens with one attached hydrogen (secondary N) is 1. The maximum absolute atomic E-state index is 14.9. The Hall–Kier alpha value is -3.41. The smallest absolute Gasteiger partial charge is 0.412 e. The van der Waals surface area contributed by atoms with E-state index in [0.717, 1.165) is 6.07 Å². The number of ether oxygens (including phenoxy) is 1. The first-order chi connectivity index (χ1) is 14.5. The highest BCUT2D eigenvalue weighted by atomic mass is 35.5. The van der Waals surface area contributed by atoms with Crippen LogP contribution in [-0.2, 0) is 4.74 Å². The van der Waals surface area contributed by atoms with Crippen LogP contribution in [0.25, 0.3) is 5.57 Å². The lowest BCUT2D eigenvalue weighted by Gasteiger charge is -2.31. The van der Waals surface area contributed by atoms with Crippen molar-refractivity contribution in [3.63, 3.8) is 0 Å². The highest BCUT2D eigenvalue weighted by Crippen LogP contribution is 2.42. The molecular formula is C23H20ClF2N3O2. The second-order valence-corrected chi connectivity index (χ2v) is 8.08. The second kappa shape index (κ2) is 8.38. The predicted molar refractivity (Wildman–Crippen MR) is 118 cm³/mol. The third kappa shape index (κ3) is 4.85. The number of aromatic nitrogens is 1. The van der Waals surface area contributed by atoms with Crippen LogP contribution < -0.4 is 10.2 Å². The maximum Gasteiger partial charge on any atom is 0.412 e. The summed E-state index contributed by atoms with van der Waals surface area (Å²) in [7, 11) is 0. The molecule has 0 saturated carbocycles. The van der Waals surface area contributed by atoms with Crippen LogP contribution in [0.15, 0.2) is 61.0 Å². The van der Waals surface area contributed by atoms with Crippen molar-refractivity contribution in [2.24, 2.45) is 0 Å². The van der Waals surface area contributed by atoms with Gasteiger partial charge in [-0.2, -0.15) is 0 Å². The molecule has 0 bridgehead atoms. The molecule has 0 radical (unpaired) electrons. The van der Waals surface area contributed by atoms with E-state index in [1.165, 1.54) is 11.0 Å². The van der Waals surface area contributed by atoms with Gasteiger partial charge in [-0.1, -0.05) is 24.8 Å². The van der Waals surface area contributed by atoms with E-state index in [0.29, 0.717) is 22.9 Å². The Labute approximate surface area is 184 Å². The van der Waals surface area contributed by atoms with Gasteiger partial charge in [0.15, 0.2) is 0 Å². The molecule has 1 aliphatic heterocycles. The van der Waals surface area contributed by atoms with Gasteiger partial charge in [-0.05, 0) is 50.6 Å². The Morgan fingerprint density at radius 3 is 2.65 bits per heavy atom. The number of hydrogen-bond acceptors (Lipinski definition) is 4. The molecule has 1 amide bonds. The summed E-state index contributed by atoms with van der Waals surface area (Å²) in [6.07, 6.45) is 2.31. The zero-order valence-corrected chi connectivity index (χ0v) is 18.0. The van der Waals surface area contributed by atoms with E-state index in [1.54, 1.807) is 39.0 Å². The molecule has 0 saturated heterocycles. The highest BCUT2D eigenvalue weighted by molar-refractivity contribution is 6.29. The van der Waals surface area contributed by atoms with Crippen LogP contribution in [0.3, 0.4) is 0 Å². The van der Waals surface area contributed by atoms with E-state index in [4.69, 9.17) is 16.3 Å². The number of halogens is 3. The molecule has 31 heavy (non-hydrogen) atoms. The van der Waals surface area contributed by atoms with Crippen LogP contribution in [0, 0.1) is 11.6 Å². The molecule has 2 aromatic rings. The van der Waals surface area contributed by atoms with Crippen molar-refractivity contribution in [1.82, 2.24) is 4.98 Å². The average Bonchev–Trinajstić information content (AvgIpc) is 2.63. The number of hydrogen-bond donors (Lipinski definition) is 1. The summed E-state index contributed by atoms with van der Waals surface area (Å²) in [5.74, 6) is -1.55. The minimum absolute atomic E-state index is 0.0753. The molecule has 1 aromatic carbocycles. The highest BCUT2D eigenvalue weighted by Gasteiger charge is 2.28. The summed E-state index contributed by atoms with van der Waals surface area (Å²) in [5.41, 5.74) is 3.16. The van der Waals surface area contributed by atoms with Gasteiger partial charge in [-0.3, -0.25) is 10.2 Å². The van der Waals surface area contributed by atoms with Crippen LogP contribution in [0.4, 0.5) is 30.8 Å². The third-order valence-corrected chi connectivity index (χ3v) is 4.35. The number of pyridine rings is 1. The summed E-state index contributed by atoms with van der Waals surface area (Å²) in [5, 5.41) is 2.49. The Kier molecular flexibility index (Phi) is 6.02. The first kappa shape index (κ1) is 22.3. The van der Waals surface area contributed by atoms with Crippen molar-refractivity contribution in [3.05, 3.63) is 83.4 Å². The van der Waals surface area contributed by atoms with Gasteiger partial charge in [0.05, 0.1) is 17.1 Å². The lowest BCUT2D eigenvalue weighted by atomic mass is 10.0. The maximum atomic E-state index is 14.9. The molecular weight excluding hydrogens is 424 g/mol. The number of carbonyl (C=O) groups is 1. The first-order valence-corrected chi connectivity index (χ1v) is 9.60. The summed E-state index contributed by atoms with van der Waals surface area (Å²) >= 11 is 6.08. The lowest BCUT2D eigenvalue weighted by molar-refractivity contribution is 0.0635. The van der Waals surface area contributed by atoms with Gasteiger partial charge >= 0.3 is 6.09 Å². The van der Waals surface area contributed by atoms with Crippen LogP contribution in [0.1, 0.15) is 26.3 Å². The third-order valence-electron chi connectivity index (χ3n) is 4.14. The number of rotatable bonds is 3. The Bertz CT molecular complexity index is 1160. The molecule has 0 fully saturated rings. The normalized spacial score (nSPS) is 13.2. The van der Waals surface area contributed by atoms with Crippen LogP contribution in [0.5, 0.6) is 0 Å². The Balaban J connectivity index is 2.15. The Morgan fingerprint density at radius 2 is 2.00 bits per heavy atom. The molecule has 0 atom stereocenters. The van der Waals surface area contributed by atoms with Gasteiger partial charge in [0.25, 0.3) is 0 Å². The number of allylic oxidation sites excluding steroid dienone is 3. The fourth-order valence-corrected chi connectivity index (χ4v) is 3.11. The van der Waals surface area contributed by atoms with Crippen molar-refractivity contribution >= 4 is 40.5 Å². The molecule has 1 aromatic heterocycles. The largest absolute Gasteiger partial charge is 0.444 e. The SMILES string of the molecule is C=C=CC1=CC(=C)c2ccc(Cl)nc2N1c1cc(NC(=O)OC(C)(C)C)c(F)cc1F. The van der Waals surface area contributed by atoms with Crippen LogP contribution in [0.2, 0.25) is 5.15 Å². The van der Waals surface area contributed by atoms with Crippen molar-refractivity contribution in [2.45, 2.75) is 26.4 Å². The standard InChI is InChI=1S/C23H20ClF2N3O2/c1-6-7-14-10-13(2)15-8-9-20(24)28-21(15)29(14)19-12-18(16(25)11-17(19)26)27-22(30)31-23(3,4)5/h7-12H,1-2H2,3-5H3,(H,27,30). The number of amides is 1. The van der Waals surface area contributed by atoms with E-state index in [9.17, 15) is 13.6 Å². The van der Waals surface area contributed by atoms with Gasteiger partial charge in [-0.15, -0.1) is 5.73 Å². The van der Waals surface area contributed by atoms with E-state index >= 15 is 0 Å². The van der Waals surface area contributed by atoms with Crippen molar-refractivity contribution in [3.8, 4) is 0 Å². The number of carbonyl (C=O) groups excluding carboxylic acids is 1. The molecule has 8 heteroatoms. The molecule has 0 unspecified atom stereocenters. The fourth-order valence-electron chi connectivity index (χ4n) is 2.97. The van der Waals surface area contributed by atoms with Crippen molar-refractivity contribution in [1.29, 1.82) is 0 Å². The van der Waals surface area contributed by atoms with Crippen molar-refractivity contribution in [2.75, 3.05) is 10.2 Å². The van der Waals surface area contributed by atoms with Crippen molar-refractivity contribution < 1.29 is 18.3 Å². The molecule has 0 spiro atoms. The lowest BCUT2D eigenvalue weighted by Crippen LogP contribution is -2.28. The molecule has 1 N–H and O–H groups in total. The van der Waals surface area contributed by atoms with Gasteiger partial charge in [0, 0.05) is 17.7 Å². The van der Waals surface area contributed by atoms with Gasteiger partial charge in [-0.25, -0.2) is 18.6 Å². The molecule has 3 rings (SSSR count). The monoisotopic (exact) mass is 443 g/mol. The minimum atomic E-state index is -0.961. The van der Waals surface area contributed by atoms with Gasteiger partial charge in [0.1, 0.15) is 28.2 Å². The van der Waals surface area contributed by atoms with E-state index in [2.05, 4.69) is 29.2 Å². The molecule has 5 nitrogen and oxygen atoms in total. The number of benzene rings is 1.